The maximum absolute atomic E-state index is 13.6. The summed E-state index contributed by atoms with van der Waals surface area (Å²) < 4.78 is 0. The van der Waals surface area contributed by atoms with Crippen molar-refractivity contribution in [3.8, 4) is 0 Å². The van der Waals surface area contributed by atoms with Gasteiger partial charge < -0.3 is 10.2 Å². The van der Waals surface area contributed by atoms with Crippen LogP contribution in [0.1, 0.15) is 34.7 Å². The van der Waals surface area contributed by atoms with Crippen LogP contribution < -0.4 is 10.2 Å². The molecule has 1 N–H and O–H groups in total. The van der Waals surface area contributed by atoms with Crippen molar-refractivity contribution < 1.29 is 9.59 Å². The summed E-state index contributed by atoms with van der Waals surface area (Å²) in [6.07, 6.45) is 2.13. The first-order chi connectivity index (χ1) is 14.6. The van der Waals surface area contributed by atoms with Crippen molar-refractivity contribution in [2.24, 2.45) is 0 Å². The predicted octanol–water partition coefficient (Wildman–Crippen LogP) is 4.37. The van der Waals surface area contributed by atoms with Crippen molar-refractivity contribution in [1.82, 2.24) is 5.32 Å². The smallest absolute Gasteiger partial charge is 0.254 e. The Morgan fingerprint density at radius 2 is 1.63 bits per heavy atom. The molecule has 4 heteroatoms. The standard InChI is InChI=1S/C26H26N2O2/c1-19-13-15-20(16-14-19)18-24(29)27-25(22-9-3-2-4-10-22)26(30)28-17-7-11-21-8-5-6-12-23(21)28/h2-6,8-10,12-16,25H,7,11,17-18H2,1H3,(H,27,29)/t25-/m1/s1. The van der Waals surface area contributed by atoms with E-state index in [2.05, 4.69) is 11.4 Å². The van der Waals surface area contributed by atoms with Gasteiger partial charge in [-0.05, 0) is 42.5 Å². The molecule has 0 spiro atoms. The Morgan fingerprint density at radius 3 is 2.40 bits per heavy atom. The first-order valence-electron chi connectivity index (χ1n) is 10.4. The Morgan fingerprint density at radius 1 is 0.933 bits per heavy atom. The Hall–Kier alpha value is -3.40. The van der Waals surface area contributed by atoms with E-state index >= 15 is 0 Å². The summed E-state index contributed by atoms with van der Waals surface area (Å²) in [5.41, 5.74) is 5.00. The van der Waals surface area contributed by atoms with Crippen molar-refractivity contribution >= 4 is 17.5 Å². The average Bonchev–Trinajstić information content (AvgIpc) is 2.79. The highest BCUT2D eigenvalue weighted by Gasteiger charge is 2.30. The van der Waals surface area contributed by atoms with Crippen LogP contribution in [0.4, 0.5) is 5.69 Å². The zero-order valence-electron chi connectivity index (χ0n) is 17.2. The number of aryl methyl sites for hydroxylation is 2. The summed E-state index contributed by atoms with van der Waals surface area (Å²) in [5, 5.41) is 2.99. The average molecular weight is 399 g/mol. The van der Waals surface area contributed by atoms with Crippen molar-refractivity contribution in [3.05, 3.63) is 101 Å². The maximum atomic E-state index is 13.6. The van der Waals surface area contributed by atoms with E-state index in [4.69, 9.17) is 0 Å². The molecule has 1 atom stereocenters. The molecule has 0 saturated carbocycles. The van der Waals surface area contributed by atoms with E-state index in [0.29, 0.717) is 6.54 Å². The van der Waals surface area contributed by atoms with Crippen molar-refractivity contribution in [3.63, 3.8) is 0 Å². The zero-order chi connectivity index (χ0) is 20.9. The molecule has 0 radical (unpaired) electrons. The molecule has 0 unspecified atom stereocenters. The number of nitrogens with one attached hydrogen (secondary N) is 1. The number of rotatable bonds is 5. The zero-order valence-corrected chi connectivity index (χ0v) is 17.2. The monoisotopic (exact) mass is 398 g/mol. The lowest BCUT2D eigenvalue weighted by molar-refractivity contribution is -0.127. The normalized spacial score (nSPS) is 14.0. The van der Waals surface area contributed by atoms with Gasteiger partial charge in [-0.2, -0.15) is 0 Å². The van der Waals surface area contributed by atoms with Crippen LogP contribution in [0.25, 0.3) is 0 Å². The number of carbonyl (C=O) groups is 2. The molecule has 0 saturated heterocycles. The van der Waals surface area contributed by atoms with Gasteiger partial charge >= 0.3 is 0 Å². The minimum atomic E-state index is -0.713. The van der Waals surface area contributed by atoms with Crippen molar-refractivity contribution in [1.29, 1.82) is 0 Å². The van der Waals surface area contributed by atoms with Gasteiger partial charge in [0, 0.05) is 12.2 Å². The minimum absolute atomic E-state index is 0.0920. The molecule has 3 aromatic carbocycles. The molecule has 0 aliphatic carbocycles. The van der Waals surface area contributed by atoms with Crippen molar-refractivity contribution in [2.45, 2.75) is 32.2 Å². The molecule has 4 rings (SSSR count). The molecule has 1 heterocycles. The third-order valence-electron chi connectivity index (χ3n) is 5.55. The van der Waals surface area contributed by atoms with Crippen LogP contribution in [0, 0.1) is 6.92 Å². The molecule has 2 amide bonds. The molecular formula is C26H26N2O2. The second-order valence-corrected chi connectivity index (χ2v) is 7.80. The lowest BCUT2D eigenvalue weighted by Crippen LogP contribution is -2.45. The summed E-state index contributed by atoms with van der Waals surface area (Å²) in [6, 6.07) is 24.7. The fraction of sp³-hybridized carbons (Fsp3) is 0.231. The number of amides is 2. The molecule has 1 aliphatic rings. The number of para-hydroxylation sites is 1. The molecular weight excluding hydrogens is 372 g/mol. The van der Waals surface area contributed by atoms with E-state index in [1.807, 2.05) is 84.6 Å². The van der Waals surface area contributed by atoms with E-state index in [1.54, 1.807) is 0 Å². The highest BCUT2D eigenvalue weighted by atomic mass is 16.2. The third-order valence-corrected chi connectivity index (χ3v) is 5.55. The summed E-state index contributed by atoms with van der Waals surface area (Å²) in [5.74, 6) is -0.253. The number of anilines is 1. The lowest BCUT2D eigenvalue weighted by Gasteiger charge is -2.32. The second-order valence-electron chi connectivity index (χ2n) is 7.80. The Kier molecular flexibility index (Phi) is 5.94. The van der Waals surface area contributed by atoms with Gasteiger partial charge in [-0.25, -0.2) is 0 Å². The molecule has 30 heavy (non-hydrogen) atoms. The first-order valence-corrected chi connectivity index (χ1v) is 10.4. The van der Waals surface area contributed by atoms with E-state index in [9.17, 15) is 9.59 Å². The fourth-order valence-corrected chi connectivity index (χ4v) is 3.95. The van der Waals surface area contributed by atoms with E-state index in [0.717, 1.165) is 35.2 Å². The predicted molar refractivity (Wildman–Crippen MR) is 119 cm³/mol. The number of hydrogen-bond donors (Lipinski definition) is 1. The van der Waals surface area contributed by atoms with E-state index < -0.39 is 6.04 Å². The third kappa shape index (κ3) is 4.43. The van der Waals surface area contributed by atoms with Crippen LogP contribution in [0.3, 0.4) is 0 Å². The van der Waals surface area contributed by atoms with Gasteiger partial charge in [0.25, 0.3) is 5.91 Å². The molecule has 0 fully saturated rings. The quantitative estimate of drug-likeness (QED) is 0.694. The molecule has 4 nitrogen and oxygen atoms in total. The van der Waals surface area contributed by atoms with Crippen LogP contribution in [0.5, 0.6) is 0 Å². The fourth-order valence-electron chi connectivity index (χ4n) is 3.95. The van der Waals surface area contributed by atoms with Crippen LogP contribution in [-0.4, -0.2) is 18.4 Å². The number of nitrogens with zero attached hydrogens (tertiary/aromatic N) is 1. The molecule has 3 aromatic rings. The molecule has 0 bridgehead atoms. The van der Waals surface area contributed by atoms with Gasteiger partial charge in [-0.15, -0.1) is 0 Å². The summed E-state index contributed by atoms with van der Waals surface area (Å²) in [4.78, 5) is 28.3. The largest absolute Gasteiger partial charge is 0.340 e. The summed E-state index contributed by atoms with van der Waals surface area (Å²) in [6.45, 7) is 2.68. The van der Waals surface area contributed by atoms with Crippen molar-refractivity contribution in [2.75, 3.05) is 11.4 Å². The Balaban J connectivity index is 1.58. The van der Waals surface area contributed by atoms with Gasteiger partial charge in [0.15, 0.2) is 0 Å². The highest BCUT2D eigenvalue weighted by molar-refractivity contribution is 6.00. The maximum Gasteiger partial charge on any atom is 0.254 e. The SMILES string of the molecule is Cc1ccc(CC(=O)N[C@@H](C(=O)N2CCCc3ccccc32)c2ccccc2)cc1. The summed E-state index contributed by atoms with van der Waals surface area (Å²) >= 11 is 0. The molecule has 0 aromatic heterocycles. The second kappa shape index (κ2) is 8.95. The van der Waals surface area contributed by atoms with E-state index in [1.165, 1.54) is 5.56 Å². The van der Waals surface area contributed by atoms with Gasteiger partial charge in [0.1, 0.15) is 6.04 Å². The topological polar surface area (TPSA) is 49.4 Å². The van der Waals surface area contributed by atoms with Gasteiger partial charge in [0.05, 0.1) is 6.42 Å². The summed E-state index contributed by atoms with van der Waals surface area (Å²) in [7, 11) is 0. The number of benzene rings is 3. The van der Waals surface area contributed by atoms with Crippen LogP contribution in [0.2, 0.25) is 0 Å². The lowest BCUT2D eigenvalue weighted by atomic mass is 9.99. The minimum Gasteiger partial charge on any atom is -0.340 e. The Bertz CT molecular complexity index is 1030. The van der Waals surface area contributed by atoms with Gasteiger partial charge in [-0.3, -0.25) is 9.59 Å². The van der Waals surface area contributed by atoms with E-state index in [-0.39, 0.29) is 18.2 Å². The number of carbonyl (C=O) groups excluding carboxylic acids is 2. The first kappa shape index (κ1) is 19.9. The van der Waals surface area contributed by atoms with Gasteiger partial charge in [0.2, 0.25) is 5.91 Å². The van der Waals surface area contributed by atoms with Gasteiger partial charge in [-0.1, -0.05) is 78.4 Å². The molecule has 1 aliphatic heterocycles. The van der Waals surface area contributed by atoms with Crippen LogP contribution >= 0.6 is 0 Å². The number of fused-ring (bicyclic) bond motifs is 1. The van der Waals surface area contributed by atoms with Crippen LogP contribution in [-0.2, 0) is 22.4 Å². The number of hydrogen-bond acceptors (Lipinski definition) is 2. The Labute approximate surface area is 177 Å². The van der Waals surface area contributed by atoms with Crippen LogP contribution in [0.15, 0.2) is 78.9 Å². The molecule has 152 valence electrons. The highest BCUT2D eigenvalue weighted by Crippen LogP contribution is 2.29.